The molecule has 2 aromatic carbocycles. The molecule has 0 aliphatic rings. The molecular formula is C14H14O2. The highest BCUT2D eigenvalue weighted by Crippen LogP contribution is 2.39. The van der Waals surface area contributed by atoms with Crippen LogP contribution in [0.2, 0.25) is 0 Å². The first kappa shape index (κ1) is 10.6. The summed E-state index contributed by atoms with van der Waals surface area (Å²) in [5.74, 6) is -0.110. The lowest BCUT2D eigenvalue weighted by Gasteiger charge is -2.11. The van der Waals surface area contributed by atoms with Crippen molar-refractivity contribution in [3.63, 3.8) is 0 Å². The topological polar surface area (TPSA) is 40.5 Å². The van der Waals surface area contributed by atoms with Crippen molar-refractivity contribution in [3.8, 4) is 22.6 Å². The van der Waals surface area contributed by atoms with Crippen LogP contribution in [0.5, 0.6) is 11.5 Å². The number of hydrogen-bond donors (Lipinski definition) is 2. The summed E-state index contributed by atoms with van der Waals surface area (Å²) in [6, 6.07) is 13.0. The van der Waals surface area contributed by atoms with Gasteiger partial charge in [-0.3, -0.25) is 0 Å². The molecule has 0 aliphatic carbocycles. The summed E-state index contributed by atoms with van der Waals surface area (Å²) < 4.78 is 0. The standard InChI is InChI=1S/C14H14O2/c1-2-10-8-9-12(15)14(16)13(10)11-6-4-3-5-7-11/h3-9,15-16H,2H2,1H3. The molecular weight excluding hydrogens is 200 g/mol. The molecule has 0 fully saturated rings. The molecule has 0 aromatic heterocycles. The lowest BCUT2D eigenvalue weighted by molar-refractivity contribution is 0.404. The molecule has 0 radical (unpaired) electrons. The number of phenols is 2. The largest absolute Gasteiger partial charge is 0.504 e. The van der Waals surface area contributed by atoms with E-state index in [0.717, 1.165) is 23.1 Å². The number of rotatable bonds is 2. The molecule has 0 saturated carbocycles. The molecule has 0 atom stereocenters. The van der Waals surface area contributed by atoms with Crippen molar-refractivity contribution in [1.82, 2.24) is 0 Å². The summed E-state index contributed by atoms with van der Waals surface area (Å²) in [4.78, 5) is 0. The Morgan fingerprint density at radius 1 is 0.938 bits per heavy atom. The second kappa shape index (κ2) is 4.27. The quantitative estimate of drug-likeness (QED) is 0.753. The molecule has 0 saturated heterocycles. The molecule has 2 aromatic rings. The first-order valence-corrected chi connectivity index (χ1v) is 5.33. The molecule has 2 nitrogen and oxygen atoms in total. The van der Waals surface area contributed by atoms with Crippen molar-refractivity contribution >= 4 is 0 Å². The Hall–Kier alpha value is -1.96. The minimum Gasteiger partial charge on any atom is -0.504 e. The molecule has 0 aliphatic heterocycles. The molecule has 0 bridgehead atoms. The van der Waals surface area contributed by atoms with E-state index >= 15 is 0 Å². The highest BCUT2D eigenvalue weighted by molar-refractivity contribution is 5.76. The number of benzene rings is 2. The molecule has 16 heavy (non-hydrogen) atoms. The van der Waals surface area contributed by atoms with E-state index in [1.54, 1.807) is 0 Å². The van der Waals surface area contributed by atoms with E-state index in [1.165, 1.54) is 6.07 Å². The first-order chi connectivity index (χ1) is 7.74. The maximum atomic E-state index is 9.91. The highest BCUT2D eigenvalue weighted by Gasteiger charge is 2.12. The third-order valence-electron chi connectivity index (χ3n) is 2.69. The van der Waals surface area contributed by atoms with E-state index in [-0.39, 0.29) is 11.5 Å². The normalized spacial score (nSPS) is 10.3. The SMILES string of the molecule is CCc1ccc(O)c(O)c1-c1ccccc1. The zero-order valence-electron chi connectivity index (χ0n) is 9.14. The van der Waals surface area contributed by atoms with Gasteiger partial charge in [0.2, 0.25) is 0 Å². The maximum absolute atomic E-state index is 9.91. The second-order valence-corrected chi connectivity index (χ2v) is 3.69. The second-order valence-electron chi connectivity index (χ2n) is 3.69. The average Bonchev–Trinajstić information content (AvgIpc) is 2.33. The van der Waals surface area contributed by atoms with E-state index in [4.69, 9.17) is 0 Å². The summed E-state index contributed by atoms with van der Waals surface area (Å²) >= 11 is 0. The van der Waals surface area contributed by atoms with Crippen LogP contribution in [-0.4, -0.2) is 10.2 Å². The Bertz CT molecular complexity index is 490. The van der Waals surface area contributed by atoms with Crippen molar-refractivity contribution in [3.05, 3.63) is 48.0 Å². The van der Waals surface area contributed by atoms with Gasteiger partial charge in [0.05, 0.1) is 0 Å². The van der Waals surface area contributed by atoms with Gasteiger partial charge in [0.1, 0.15) is 0 Å². The zero-order valence-corrected chi connectivity index (χ0v) is 9.14. The lowest BCUT2D eigenvalue weighted by Crippen LogP contribution is -1.88. The first-order valence-electron chi connectivity index (χ1n) is 5.33. The van der Waals surface area contributed by atoms with Gasteiger partial charge in [0.15, 0.2) is 11.5 Å². The van der Waals surface area contributed by atoms with E-state index in [9.17, 15) is 10.2 Å². The van der Waals surface area contributed by atoms with Gasteiger partial charge < -0.3 is 10.2 Å². The van der Waals surface area contributed by atoms with E-state index < -0.39 is 0 Å². The number of hydrogen-bond acceptors (Lipinski definition) is 2. The van der Waals surface area contributed by atoms with Gasteiger partial charge in [0.25, 0.3) is 0 Å². The average molecular weight is 214 g/mol. The summed E-state index contributed by atoms with van der Waals surface area (Å²) in [6.45, 7) is 2.03. The summed E-state index contributed by atoms with van der Waals surface area (Å²) in [7, 11) is 0. The Morgan fingerprint density at radius 3 is 2.25 bits per heavy atom. The molecule has 2 rings (SSSR count). The molecule has 2 heteroatoms. The minimum atomic E-state index is -0.0731. The molecule has 2 N–H and O–H groups in total. The van der Waals surface area contributed by atoms with Gasteiger partial charge in [-0.05, 0) is 23.6 Å². The third-order valence-corrected chi connectivity index (χ3v) is 2.69. The van der Waals surface area contributed by atoms with Crippen LogP contribution in [-0.2, 0) is 6.42 Å². The molecule has 0 heterocycles. The molecule has 0 amide bonds. The van der Waals surface area contributed by atoms with Crippen LogP contribution in [0.25, 0.3) is 11.1 Å². The third kappa shape index (κ3) is 1.74. The predicted octanol–water partition coefficient (Wildman–Crippen LogP) is 3.33. The monoisotopic (exact) mass is 214 g/mol. The van der Waals surface area contributed by atoms with Crippen molar-refractivity contribution < 1.29 is 10.2 Å². The molecule has 0 unspecified atom stereocenters. The van der Waals surface area contributed by atoms with Crippen molar-refractivity contribution in [2.75, 3.05) is 0 Å². The fourth-order valence-electron chi connectivity index (χ4n) is 1.84. The van der Waals surface area contributed by atoms with E-state index in [1.807, 2.05) is 43.3 Å². The molecule has 82 valence electrons. The molecule has 0 spiro atoms. The van der Waals surface area contributed by atoms with Gasteiger partial charge in [-0.15, -0.1) is 0 Å². The van der Waals surface area contributed by atoms with Crippen LogP contribution >= 0.6 is 0 Å². The van der Waals surface area contributed by atoms with Gasteiger partial charge in [-0.25, -0.2) is 0 Å². The number of aromatic hydroxyl groups is 2. The zero-order chi connectivity index (χ0) is 11.5. The summed E-state index contributed by atoms with van der Waals surface area (Å²) in [5.41, 5.74) is 2.68. The van der Waals surface area contributed by atoms with Gasteiger partial charge in [0, 0.05) is 5.56 Å². The number of phenolic OH excluding ortho intramolecular Hbond substituents is 2. The Balaban J connectivity index is 2.67. The van der Waals surface area contributed by atoms with Crippen molar-refractivity contribution in [1.29, 1.82) is 0 Å². The summed E-state index contributed by atoms with van der Waals surface area (Å²) in [5, 5.41) is 19.4. The van der Waals surface area contributed by atoms with E-state index in [0.29, 0.717) is 0 Å². The van der Waals surface area contributed by atoms with Crippen LogP contribution in [0.3, 0.4) is 0 Å². The van der Waals surface area contributed by atoms with Crippen LogP contribution in [0, 0.1) is 0 Å². The van der Waals surface area contributed by atoms with Crippen molar-refractivity contribution in [2.45, 2.75) is 13.3 Å². The highest BCUT2D eigenvalue weighted by atomic mass is 16.3. The Labute approximate surface area is 94.8 Å². The predicted molar refractivity (Wildman–Crippen MR) is 64.6 cm³/mol. The van der Waals surface area contributed by atoms with Gasteiger partial charge in [-0.1, -0.05) is 43.3 Å². The summed E-state index contributed by atoms with van der Waals surface area (Å²) in [6.07, 6.45) is 0.818. The van der Waals surface area contributed by atoms with E-state index in [2.05, 4.69) is 0 Å². The van der Waals surface area contributed by atoms with Crippen molar-refractivity contribution in [2.24, 2.45) is 0 Å². The van der Waals surface area contributed by atoms with Crippen LogP contribution in [0.1, 0.15) is 12.5 Å². The number of aryl methyl sites for hydroxylation is 1. The minimum absolute atomic E-state index is 0.0365. The fourth-order valence-corrected chi connectivity index (χ4v) is 1.84. The lowest BCUT2D eigenvalue weighted by atomic mass is 9.96. The Kier molecular flexibility index (Phi) is 2.82. The Morgan fingerprint density at radius 2 is 1.62 bits per heavy atom. The van der Waals surface area contributed by atoms with Crippen LogP contribution in [0.4, 0.5) is 0 Å². The fraction of sp³-hybridized carbons (Fsp3) is 0.143. The smallest absolute Gasteiger partial charge is 0.165 e. The van der Waals surface area contributed by atoms with Gasteiger partial charge >= 0.3 is 0 Å². The van der Waals surface area contributed by atoms with Gasteiger partial charge in [-0.2, -0.15) is 0 Å². The maximum Gasteiger partial charge on any atom is 0.165 e. The van der Waals surface area contributed by atoms with Crippen LogP contribution in [0.15, 0.2) is 42.5 Å². The van der Waals surface area contributed by atoms with Crippen LogP contribution < -0.4 is 0 Å².